The van der Waals surface area contributed by atoms with Gasteiger partial charge < -0.3 is 5.32 Å². The number of likely N-dealkylation sites (N-methyl/N-ethyl adjacent to an activating group) is 1. The van der Waals surface area contributed by atoms with Crippen LogP contribution >= 0.6 is 0 Å². The van der Waals surface area contributed by atoms with Gasteiger partial charge in [-0.15, -0.1) is 0 Å². The zero-order valence-corrected chi connectivity index (χ0v) is 12.7. The van der Waals surface area contributed by atoms with E-state index in [9.17, 15) is 8.42 Å². The van der Waals surface area contributed by atoms with Crippen LogP contribution in [0.4, 0.5) is 0 Å². The van der Waals surface area contributed by atoms with Gasteiger partial charge in [0.25, 0.3) is 10.2 Å². The summed E-state index contributed by atoms with van der Waals surface area (Å²) in [5, 5.41) is 3.41. The van der Waals surface area contributed by atoms with Crippen molar-refractivity contribution in [2.75, 3.05) is 32.7 Å². The van der Waals surface area contributed by atoms with Crippen molar-refractivity contribution in [3.8, 4) is 0 Å². The van der Waals surface area contributed by atoms with E-state index in [-0.39, 0.29) is 0 Å². The molecule has 0 bridgehead atoms. The third-order valence-corrected chi connectivity index (χ3v) is 5.78. The van der Waals surface area contributed by atoms with Crippen molar-refractivity contribution in [3.63, 3.8) is 0 Å². The summed E-state index contributed by atoms with van der Waals surface area (Å²) in [5.41, 5.74) is 0. The van der Waals surface area contributed by atoms with E-state index in [1.807, 2.05) is 20.8 Å². The number of piperidine rings is 1. The highest BCUT2D eigenvalue weighted by Gasteiger charge is 2.28. The van der Waals surface area contributed by atoms with Gasteiger partial charge in [-0.2, -0.15) is 17.0 Å². The van der Waals surface area contributed by atoms with E-state index < -0.39 is 10.2 Å². The van der Waals surface area contributed by atoms with Crippen LogP contribution < -0.4 is 5.32 Å². The minimum Gasteiger partial charge on any atom is -0.313 e. The molecule has 1 N–H and O–H groups in total. The molecule has 1 aliphatic rings. The molecule has 5 nitrogen and oxygen atoms in total. The van der Waals surface area contributed by atoms with Crippen molar-refractivity contribution in [1.29, 1.82) is 0 Å². The topological polar surface area (TPSA) is 52.7 Å². The average Bonchev–Trinajstić information content (AvgIpc) is 2.38. The number of hydrogen-bond donors (Lipinski definition) is 1. The van der Waals surface area contributed by atoms with E-state index in [0.717, 1.165) is 13.0 Å². The van der Waals surface area contributed by atoms with Gasteiger partial charge in [0.05, 0.1) is 0 Å². The number of nitrogens with one attached hydrogen (secondary N) is 1. The van der Waals surface area contributed by atoms with Crippen LogP contribution in [0.25, 0.3) is 0 Å². The number of hydrogen-bond acceptors (Lipinski definition) is 3. The lowest BCUT2D eigenvalue weighted by Crippen LogP contribution is -2.50. The van der Waals surface area contributed by atoms with Gasteiger partial charge in [-0.1, -0.05) is 27.2 Å². The maximum atomic E-state index is 12.4. The molecule has 0 spiro atoms. The molecule has 1 heterocycles. The van der Waals surface area contributed by atoms with Crippen molar-refractivity contribution < 1.29 is 8.42 Å². The zero-order chi connectivity index (χ0) is 13.6. The lowest BCUT2D eigenvalue weighted by molar-refractivity contribution is 0.298. The molecule has 0 amide bonds. The van der Waals surface area contributed by atoms with Crippen LogP contribution in [0, 0.1) is 0 Å². The standard InChI is InChI=1S/C12H27N3O2S/c1-4-14(5-2)18(16,17)15(6-3)11-12-9-7-8-10-13-12/h12-13H,4-11H2,1-3H3. The van der Waals surface area contributed by atoms with E-state index in [4.69, 9.17) is 0 Å². The Kier molecular flexibility index (Phi) is 6.55. The van der Waals surface area contributed by atoms with Crippen LogP contribution in [0.1, 0.15) is 40.0 Å². The molecule has 0 aromatic heterocycles. The molecule has 1 aliphatic heterocycles. The summed E-state index contributed by atoms with van der Waals surface area (Å²) in [7, 11) is -3.29. The summed E-state index contributed by atoms with van der Waals surface area (Å²) in [5.74, 6) is 0. The first-order chi connectivity index (χ1) is 8.56. The normalized spacial score (nSPS) is 21.7. The second kappa shape index (κ2) is 7.43. The minimum absolute atomic E-state index is 0.309. The summed E-state index contributed by atoms with van der Waals surface area (Å²) in [6, 6.07) is 0.309. The number of rotatable bonds is 7. The Morgan fingerprint density at radius 3 is 2.11 bits per heavy atom. The molecular weight excluding hydrogens is 250 g/mol. The highest BCUT2D eigenvalue weighted by molar-refractivity contribution is 7.86. The molecule has 1 fully saturated rings. The van der Waals surface area contributed by atoms with Crippen molar-refractivity contribution in [2.24, 2.45) is 0 Å². The van der Waals surface area contributed by atoms with Crippen molar-refractivity contribution in [3.05, 3.63) is 0 Å². The Morgan fingerprint density at radius 2 is 1.67 bits per heavy atom. The van der Waals surface area contributed by atoms with Crippen LogP contribution in [0.5, 0.6) is 0 Å². The van der Waals surface area contributed by atoms with Crippen LogP contribution in [0.3, 0.4) is 0 Å². The van der Waals surface area contributed by atoms with Gasteiger partial charge in [0.15, 0.2) is 0 Å². The molecule has 0 aromatic carbocycles. The van der Waals surface area contributed by atoms with Gasteiger partial charge in [-0.3, -0.25) is 0 Å². The lowest BCUT2D eigenvalue weighted by Gasteiger charge is -2.32. The fraction of sp³-hybridized carbons (Fsp3) is 1.00. The third kappa shape index (κ3) is 3.91. The summed E-state index contributed by atoms with van der Waals surface area (Å²) in [6.45, 7) is 8.88. The Balaban J connectivity index is 2.69. The highest BCUT2D eigenvalue weighted by Crippen LogP contribution is 2.13. The van der Waals surface area contributed by atoms with Crippen molar-refractivity contribution in [2.45, 2.75) is 46.1 Å². The van der Waals surface area contributed by atoms with E-state index in [1.54, 1.807) is 4.31 Å². The second-order valence-corrected chi connectivity index (χ2v) is 6.62. The van der Waals surface area contributed by atoms with E-state index in [2.05, 4.69) is 5.32 Å². The van der Waals surface area contributed by atoms with Crippen LogP contribution in [-0.2, 0) is 10.2 Å². The second-order valence-electron chi connectivity index (χ2n) is 4.69. The van der Waals surface area contributed by atoms with Gasteiger partial charge in [-0.05, 0) is 19.4 Å². The Morgan fingerprint density at radius 1 is 1.06 bits per heavy atom. The molecular formula is C12H27N3O2S. The van der Waals surface area contributed by atoms with E-state index in [0.29, 0.717) is 32.2 Å². The predicted octanol–water partition coefficient (Wildman–Crippen LogP) is 1.04. The van der Waals surface area contributed by atoms with Crippen LogP contribution in [0.2, 0.25) is 0 Å². The number of nitrogens with zero attached hydrogens (tertiary/aromatic N) is 2. The molecule has 1 atom stereocenters. The maximum absolute atomic E-state index is 12.4. The first kappa shape index (κ1) is 15.9. The Bertz CT molecular complexity index is 322. The lowest BCUT2D eigenvalue weighted by atomic mass is 10.1. The Labute approximate surface area is 112 Å². The monoisotopic (exact) mass is 277 g/mol. The quantitative estimate of drug-likeness (QED) is 0.756. The van der Waals surface area contributed by atoms with Gasteiger partial charge in [0, 0.05) is 32.2 Å². The van der Waals surface area contributed by atoms with E-state index in [1.165, 1.54) is 17.1 Å². The van der Waals surface area contributed by atoms with Gasteiger partial charge >= 0.3 is 0 Å². The average molecular weight is 277 g/mol. The van der Waals surface area contributed by atoms with Crippen molar-refractivity contribution >= 4 is 10.2 Å². The van der Waals surface area contributed by atoms with Gasteiger partial charge in [-0.25, -0.2) is 0 Å². The predicted molar refractivity (Wildman–Crippen MR) is 74.7 cm³/mol. The molecule has 0 radical (unpaired) electrons. The van der Waals surface area contributed by atoms with Crippen LogP contribution in [0.15, 0.2) is 0 Å². The Hall–Kier alpha value is -0.170. The SMILES string of the molecule is CCN(CC)S(=O)(=O)N(CC)CC1CCCCN1. The minimum atomic E-state index is -3.29. The maximum Gasteiger partial charge on any atom is 0.281 e. The van der Waals surface area contributed by atoms with Crippen LogP contribution in [-0.4, -0.2) is 55.8 Å². The largest absolute Gasteiger partial charge is 0.313 e. The molecule has 18 heavy (non-hydrogen) atoms. The summed E-state index contributed by atoms with van der Waals surface area (Å²) >= 11 is 0. The smallest absolute Gasteiger partial charge is 0.281 e. The molecule has 6 heteroatoms. The first-order valence-electron chi connectivity index (χ1n) is 7.04. The molecule has 1 rings (SSSR count). The third-order valence-electron chi connectivity index (χ3n) is 3.55. The zero-order valence-electron chi connectivity index (χ0n) is 11.9. The fourth-order valence-electron chi connectivity index (χ4n) is 2.43. The van der Waals surface area contributed by atoms with E-state index >= 15 is 0 Å². The fourth-order valence-corrected chi connectivity index (χ4v) is 4.10. The van der Waals surface area contributed by atoms with Gasteiger partial charge in [0.2, 0.25) is 0 Å². The molecule has 1 unspecified atom stereocenters. The first-order valence-corrected chi connectivity index (χ1v) is 8.44. The van der Waals surface area contributed by atoms with Gasteiger partial charge in [0.1, 0.15) is 0 Å². The molecule has 1 saturated heterocycles. The summed E-state index contributed by atoms with van der Waals surface area (Å²) < 4.78 is 28.0. The highest BCUT2D eigenvalue weighted by atomic mass is 32.2. The summed E-state index contributed by atoms with van der Waals surface area (Å²) in [6.07, 6.45) is 3.47. The molecule has 0 saturated carbocycles. The van der Waals surface area contributed by atoms with Crippen molar-refractivity contribution in [1.82, 2.24) is 13.9 Å². The molecule has 108 valence electrons. The summed E-state index contributed by atoms with van der Waals surface area (Å²) in [4.78, 5) is 0. The molecule has 0 aromatic rings. The molecule has 0 aliphatic carbocycles.